The van der Waals surface area contributed by atoms with Crippen LogP contribution in [0.15, 0.2) is 29.4 Å². The molecule has 32 heavy (non-hydrogen) atoms. The van der Waals surface area contributed by atoms with Crippen molar-refractivity contribution in [2.24, 2.45) is 16.1 Å². The number of carbonyl (C=O) groups excluding carboxylic acids is 1. The van der Waals surface area contributed by atoms with Crippen LogP contribution in [0.5, 0.6) is 0 Å². The van der Waals surface area contributed by atoms with Gasteiger partial charge in [-0.05, 0) is 27.2 Å². The van der Waals surface area contributed by atoms with E-state index in [9.17, 15) is 13.8 Å². The Balaban J connectivity index is 2.10. The maximum atomic E-state index is 15.5. The summed E-state index contributed by atoms with van der Waals surface area (Å²) in [5, 5.41) is 2.63. The van der Waals surface area contributed by atoms with E-state index in [1.54, 1.807) is 27.7 Å². The van der Waals surface area contributed by atoms with Gasteiger partial charge in [0.05, 0.1) is 18.8 Å². The lowest BCUT2D eigenvalue weighted by atomic mass is 9.79. The number of esters is 1. The maximum Gasteiger partial charge on any atom is 0.323 e. The number of halogens is 2. The highest BCUT2D eigenvalue weighted by Gasteiger charge is 2.55. The summed E-state index contributed by atoms with van der Waals surface area (Å²) in [4.78, 5) is 16.9. The van der Waals surface area contributed by atoms with Crippen molar-refractivity contribution in [2.75, 3.05) is 13.3 Å². The van der Waals surface area contributed by atoms with Crippen molar-refractivity contribution in [3.05, 3.63) is 24.4 Å². The third-order valence-corrected chi connectivity index (χ3v) is 7.10. The molecule has 0 aromatic rings. The van der Waals surface area contributed by atoms with Gasteiger partial charge >= 0.3 is 5.97 Å². The van der Waals surface area contributed by atoms with Crippen LogP contribution in [0.2, 0.25) is 0 Å². The predicted molar refractivity (Wildman–Crippen MR) is 117 cm³/mol. The second-order valence-corrected chi connectivity index (χ2v) is 10.8. The number of hydrogen-bond acceptors (Lipinski definition) is 8. The van der Waals surface area contributed by atoms with Gasteiger partial charge in [-0.2, -0.15) is 0 Å². The number of nitrogens with two attached hydrogens (primary N) is 1. The van der Waals surface area contributed by atoms with Crippen molar-refractivity contribution in [1.82, 2.24) is 9.99 Å². The lowest BCUT2D eigenvalue weighted by Crippen LogP contribution is -2.42. The Kier molecular flexibility index (Phi) is 8.25. The van der Waals surface area contributed by atoms with Crippen LogP contribution >= 0.6 is 7.52 Å². The van der Waals surface area contributed by atoms with Crippen molar-refractivity contribution >= 4 is 19.3 Å². The smallest absolute Gasteiger partial charge is 0.323 e. The molecule has 6 atom stereocenters. The molecule has 0 aromatic heterocycles. The number of amidine groups is 1. The highest BCUT2D eigenvalue weighted by Crippen LogP contribution is 2.48. The maximum absolute atomic E-state index is 15.5. The Bertz CT molecular complexity index is 852. The molecule has 9 nitrogen and oxygen atoms in total. The van der Waals surface area contributed by atoms with Gasteiger partial charge in [-0.15, -0.1) is 0 Å². The zero-order valence-electron chi connectivity index (χ0n) is 19.3. The summed E-state index contributed by atoms with van der Waals surface area (Å²) in [5.74, 6) is -1.70. The molecule has 0 bridgehead atoms. The summed E-state index contributed by atoms with van der Waals surface area (Å²) in [5.41, 5.74) is 4.42. The average Bonchev–Trinajstić information content (AvgIpc) is 2.93. The minimum Gasteiger partial charge on any atom is -0.462 e. The fraction of sp³-hybridized carbons (Fsp3) is 0.700. The predicted octanol–water partition coefficient (Wildman–Crippen LogP) is 3.19. The first-order chi connectivity index (χ1) is 14.7. The summed E-state index contributed by atoms with van der Waals surface area (Å²) in [6.07, 6.45) is -2.53. The van der Waals surface area contributed by atoms with E-state index in [0.717, 1.165) is 11.1 Å². The normalized spacial score (nSPS) is 31.2. The van der Waals surface area contributed by atoms with Crippen LogP contribution in [0.3, 0.4) is 0 Å². The van der Waals surface area contributed by atoms with Crippen LogP contribution in [0, 0.1) is 5.41 Å². The van der Waals surface area contributed by atoms with Gasteiger partial charge < -0.3 is 24.6 Å². The largest absolute Gasteiger partial charge is 0.462 e. The van der Waals surface area contributed by atoms with Crippen molar-refractivity contribution < 1.29 is 32.1 Å². The third kappa shape index (κ3) is 5.75. The van der Waals surface area contributed by atoms with Crippen molar-refractivity contribution in [3.8, 4) is 0 Å². The van der Waals surface area contributed by atoms with Gasteiger partial charge in [0.2, 0.25) is 0 Å². The molecule has 2 aliphatic heterocycles. The minimum absolute atomic E-state index is 0.0388. The van der Waals surface area contributed by atoms with Gasteiger partial charge in [0.1, 0.15) is 11.9 Å². The molecule has 0 saturated carbocycles. The average molecular weight is 478 g/mol. The Morgan fingerprint density at radius 2 is 2.12 bits per heavy atom. The Morgan fingerprint density at radius 3 is 2.69 bits per heavy atom. The van der Waals surface area contributed by atoms with Crippen LogP contribution in [-0.2, 0) is 23.4 Å². The van der Waals surface area contributed by atoms with E-state index >= 15 is 4.39 Å². The summed E-state index contributed by atoms with van der Waals surface area (Å²) in [6, 6.07) is -0.870. The number of nitrogens with zero attached hydrogens (tertiary/aromatic N) is 2. The van der Waals surface area contributed by atoms with Crippen LogP contribution in [-0.4, -0.2) is 60.6 Å². The molecule has 2 rings (SSSR count). The topological polar surface area (TPSA) is 115 Å². The molecular formula is C20H33F2N4O5P. The SMILES string of the molecule is C=C1N=C(N)C(F)=CN1[C@@H]1O[C@H](COP(C)(=O)N[C@@H](C)C(=O)OC(C)C)[C@](C)(CC)C1F. The number of carbonyl (C=O) groups is 1. The summed E-state index contributed by atoms with van der Waals surface area (Å²) >= 11 is 0. The first-order valence-electron chi connectivity index (χ1n) is 10.4. The van der Waals surface area contributed by atoms with E-state index in [4.69, 9.17) is 19.7 Å². The zero-order chi connectivity index (χ0) is 24.4. The Morgan fingerprint density at radius 1 is 1.50 bits per heavy atom. The first-order valence-corrected chi connectivity index (χ1v) is 12.5. The van der Waals surface area contributed by atoms with E-state index in [1.807, 2.05) is 0 Å². The zero-order valence-corrected chi connectivity index (χ0v) is 20.2. The van der Waals surface area contributed by atoms with Gasteiger partial charge in [0.25, 0.3) is 7.52 Å². The fourth-order valence-corrected chi connectivity index (χ4v) is 4.78. The monoisotopic (exact) mass is 478 g/mol. The van der Waals surface area contributed by atoms with Crippen LogP contribution in [0.25, 0.3) is 0 Å². The molecule has 0 radical (unpaired) electrons. The van der Waals surface area contributed by atoms with Gasteiger partial charge in [-0.25, -0.2) is 18.9 Å². The molecule has 0 aromatic carbocycles. The van der Waals surface area contributed by atoms with Gasteiger partial charge in [-0.3, -0.25) is 9.36 Å². The lowest BCUT2D eigenvalue weighted by molar-refractivity contribution is -0.149. The molecule has 0 spiro atoms. The van der Waals surface area contributed by atoms with Gasteiger partial charge in [0, 0.05) is 18.3 Å². The number of nitrogens with one attached hydrogen (secondary N) is 1. The van der Waals surface area contributed by atoms with Crippen LogP contribution in [0.1, 0.15) is 41.0 Å². The molecular weight excluding hydrogens is 445 g/mol. The molecule has 1 fully saturated rings. The number of alkyl halides is 1. The third-order valence-electron chi connectivity index (χ3n) is 5.61. The van der Waals surface area contributed by atoms with Crippen molar-refractivity contribution in [3.63, 3.8) is 0 Å². The van der Waals surface area contributed by atoms with E-state index in [1.165, 1.54) is 13.6 Å². The minimum atomic E-state index is -3.46. The van der Waals surface area contributed by atoms with Crippen LogP contribution in [0.4, 0.5) is 8.78 Å². The van der Waals surface area contributed by atoms with E-state index in [-0.39, 0.29) is 24.4 Å². The fourth-order valence-electron chi connectivity index (χ4n) is 3.47. The van der Waals surface area contributed by atoms with E-state index < -0.39 is 49.3 Å². The van der Waals surface area contributed by atoms with Crippen molar-refractivity contribution in [1.29, 1.82) is 0 Å². The first kappa shape index (κ1) is 26.4. The lowest BCUT2D eigenvalue weighted by Gasteiger charge is -2.32. The molecule has 2 heterocycles. The van der Waals surface area contributed by atoms with E-state index in [2.05, 4.69) is 16.7 Å². The second kappa shape index (κ2) is 9.99. The van der Waals surface area contributed by atoms with Crippen LogP contribution < -0.4 is 10.8 Å². The molecule has 3 N–H and O–H groups in total. The molecule has 12 heteroatoms. The highest BCUT2D eigenvalue weighted by atomic mass is 31.2. The molecule has 1 saturated heterocycles. The second-order valence-electron chi connectivity index (χ2n) is 8.55. The summed E-state index contributed by atoms with van der Waals surface area (Å²) in [7, 11) is -3.46. The molecule has 2 unspecified atom stereocenters. The van der Waals surface area contributed by atoms with Gasteiger partial charge in [0.15, 0.2) is 24.1 Å². The van der Waals surface area contributed by atoms with Gasteiger partial charge in [-0.1, -0.05) is 20.4 Å². The highest BCUT2D eigenvalue weighted by molar-refractivity contribution is 7.56. The standard InChI is InChI=1S/C20H33F2N4O5P/c1-8-20(6)15(10-29-32(7,28)25-12(4)19(27)30-11(2)3)31-18(16(20)22)26-9-14(21)17(23)24-13(26)5/h9,11-12,15-16,18H,5,8,10H2,1-4,6-7H3,(H2,23,24)(H,25,28)/t12-,15+,16?,18+,20-,32?/m0/s1. The number of rotatable bonds is 9. The molecule has 0 amide bonds. The summed E-state index contributed by atoms with van der Waals surface area (Å²) in [6.45, 7) is 13.2. The number of ether oxygens (including phenoxy) is 2. The quantitative estimate of drug-likeness (QED) is 0.384. The number of aliphatic imine (C=N–C) groups is 1. The van der Waals surface area contributed by atoms with E-state index in [0.29, 0.717) is 6.42 Å². The summed E-state index contributed by atoms with van der Waals surface area (Å²) < 4.78 is 58.8. The molecule has 0 aliphatic carbocycles. The molecule has 2 aliphatic rings. The number of hydrogen-bond donors (Lipinski definition) is 2. The van der Waals surface area contributed by atoms with Crippen molar-refractivity contribution in [2.45, 2.75) is 71.7 Å². The Labute approximate surface area is 187 Å². The Hall–Kier alpha value is -1.81. The molecule has 182 valence electrons.